The molecule has 1 N–H and O–H groups in total. The predicted molar refractivity (Wildman–Crippen MR) is 126 cm³/mol. The van der Waals surface area contributed by atoms with Gasteiger partial charge in [0.25, 0.3) is 5.56 Å². The number of hydrogen-bond acceptors (Lipinski definition) is 6. The molecule has 0 saturated heterocycles. The molecular weight excluding hydrogens is 440 g/mol. The smallest absolute Gasteiger partial charge is 0.270 e. The highest BCUT2D eigenvalue weighted by molar-refractivity contribution is 6.32. The van der Waals surface area contributed by atoms with Crippen LogP contribution in [0.2, 0.25) is 5.02 Å². The van der Waals surface area contributed by atoms with E-state index in [1.165, 1.54) is 10.8 Å². The average Bonchev–Trinajstić information content (AvgIpc) is 3.54. The maximum Gasteiger partial charge on any atom is 0.270 e. The molecule has 0 spiro atoms. The van der Waals surface area contributed by atoms with Gasteiger partial charge in [0.2, 0.25) is 11.7 Å². The molecule has 0 aliphatic heterocycles. The van der Waals surface area contributed by atoms with Gasteiger partial charge in [0.1, 0.15) is 5.39 Å². The monoisotopic (exact) mass is 454 g/mol. The van der Waals surface area contributed by atoms with Crippen molar-refractivity contribution in [1.29, 1.82) is 0 Å². The predicted octanol–water partition coefficient (Wildman–Crippen LogP) is 4.01. The van der Waals surface area contributed by atoms with Crippen LogP contribution >= 0.6 is 11.6 Å². The van der Waals surface area contributed by atoms with Crippen molar-refractivity contribution in [3.05, 3.63) is 101 Å². The third kappa shape index (κ3) is 3.22. The third-order valence-electron chi connectivity index (χ3n) is 5.27. The number of aromatic nitrogens is 7. The molecule has 6 aromatic rings. The maximum absolute atomic E-state index is 13.4. The van der Waals surface area contributed by atoms with E-state index in [9.17, 15) is 4.79 Å². The summed E-state index contributed by atoms with van der Waals surface area (Å²) in [4.78, 5) is 30.8. The van der Waals surface area contributed by atoms with Crippen molar-refractivity contribution in [2.75, 3.05) is 5.32 Å². The van der Waals surface area contributed by atoms with E-state index in [2.05, 4.69) is 25.3 Å². The fraction of sp³-hybridized carbons (Fsp3) is 0. The number of halogens is 1. The molecule has 0 fully saturated rings. The van der Waals surface area contributed by atoms with Gasteiger partial charge in [-0.2, -0.15) is 4.98 Å². The topological polar surface area (TPSA) is 94.9 Å². The van der Waals surface area contributed by atoms with Gasteiger partial charge in [-0.25, -0.2) is 19.5 Å². The molecule has 0 saturated carbocycles. The molecule has 6 rings (SSSR count). The van der Waals surface area contributed by atoms with Crippen LogP contribution in [-0.4, -0.2) is 33.5 Å². The van der Waals surface area contributed by atoms with Gasteiger partial charge in [0.15, 0.2) is 5.65 Å². The summed E-state index contributed by atoms with van der Waals surface area (Å²) >= 11 is 6.37. The summed E-state index contributed by atoms with van der Waals surface area (Å²) in [6, 6.07) is 14.9. The summed E-state index contributed by atoms with van der Waals surface area (Å²) in [6.07, 6.45) is 10.2. The maximum atomic E-state index is 13.4. The van der Waals surface area contributed by atoms with Crippen molar-refractivity contribution in [2.24, 2.45) is 0 Å². The number of nitrogens with one attached hydrogen (secondary N) is 1. The summed E-state index contributed by atoms with van der Waals surface area (Å²) in [6.45, 7) is 0. The van der Waals surface area contributed by atoms with Gasteiger partial charge in [-0.1, -0.05) is 23.7 Å². The molecule has 0 aliphatic rings. The van der Waals surface area contributed by atoms with Crippen LogP contribution in [0.4, 0.5) is 11.6 Å². The Kier molecular flexibility index (Phi) is 4.41. The zero-order chi connectivity index (χ0) is 22.4. The largest absolute Gasteiger partial charge is 0.324 e. The van der Waals surface area contributed by atoms with Gasteiger partial charge in [-0.15, -0.1) is 0 Å². The van der Waals surface area contributed by atoms with Gasteiger partial charge >= 0.3 is 0 Å². The van der Waals surface area contributed by atoms with Crippen LogP contribution in [-0.2, 0) is 0 Å². The lowest BCUT2D eigenvalue weighted by Gasteiger charge is -2.12. The molecule has 4 aromatic heterocycles. The zero-order valence-corrected chi connectivity index (χ0v) is 17.8. The average molecular weight is 455 g/mol. The SMILES string of the molecule is O=c1c2cnc(Nc3ccc(-n4ccnc4)cc3)nc2n2ccnc2n1-c1ccccc1Cl. The Balaban J connectivity index is 1.44. The van der Waals surface area contributed by atoms with Gasteiger partial charge in [-0.05, 0) is 36.4 Å². The van der Waals surface area contributed by atoms with Crippen LogP contribution < -0.4 is 10.9 Å². The van der Waals surface area contributed by atoms with Crippen LogP contribution in [0.25, 0.3) is 28.2 Å². The van der Waals surface area contributed by atoms with Crippen molar-refractivity contribution in [3.8, 4) is 11.4 Å². The first-order chi connectivity index (χ1) is 16.2. The van der Waals surface area contributed by atoms with E-state index in [1.807, 2.05) is 47.2 Å². The van der Waals surface area contributed by atoms with Crippen molar-refractivity contribution in [1.82, 2.24) is 33.5 Å². The molecular formula is C23H15ClN8O. The third-order valence-corrected chi connectivity index (χ3v) is 5.59. The minimum atomic E-state index is -0.298. The normalized spacial score (nSPS) is 11.3. The Morgan fingerprint density at radius 2 is 1.79 bits per heavy atom. The second kappa shape index (κ2) is 7.57. The molecule has 0 amide bonds. The minimum Gasteiger partial charge on any atom is -0.324 e. The van der Waals surface area contributed by atoms with Gasteiger partial charge < -0.3 is 9.88 Å². The molecule has 10 heteroatoms. The number of fused-ring (bicyclic) bond motifs is 3. The summed E-state index contributed by atoms with van der Waals surface area (Å²) in [5.74, 6) is 0.776. The Labute approximate surface area is 191 Å². The minimum absolute atomic E-state index is 0.298. The zero-order valence-electron chi connectivity index (χ0n) is 17.0. The molecule has 0 unspecified atom stereocenters. The number of para-hydroxylation sites is 1. The van der Waals surface area contributed by atoms with E-state index in [-0.39, 0.29) is 5.56 Å². The first-order valence-corrected chi connectivity index (χ1v) is 10.4. The van der Waals surface area contributed by atoms with E-state index in [0.717, 1.165) is 11.4 Å². The number of benzene rings is 2. The quantitative estimate of drug-likeness (QED) is 0.432. The Morgan fingerprint density at radius 1 is 0.939 bits per heavy atom. The van der Waals surface area contributed by atoms with E-state index >= 15 is 0 Å². The summed E-state index contributed by atoms with van der Waals surface area (Å²) in [7, 11) is 0. The molecule has 2 aromatic carbocycles. The molecule has 33 heavy (non-hydrogen) atoms. The lowest BCUT2D eigenvalue weighted by Crippen LogP contribution is -2.22. The number of anilines is 2. The second-order valence-corrected chi connectivity index (χ2v) is 7.67. The number of hydrogen-bond donors (Lipinski definition) is 1. The highest BCUT2D eigenvalue weighted by atomic mass is 35.5. The fourth-order valence-electron chi connectivity index (χ4n) is 3.71. The molecule has 0 radical (unpaired) electrons. The first-order valence-electron chi connectivity index (χ1n) is 10.0. The molecule has 0 atom stereocenters. The lowest BCUT2D eigenvalue weighted by atomic mass is 10.3. The molecule has 4 heterocycles. The molecule has 160 valence electrons. The van der Waals surface area contributed by atoms with Gasteiger partial charge in [0, 0.05) is 42.4 Å². The first kappa shape index (κ1) is 19.2. The van der Waals surface area contributed by atoms with E-state index in [1.54, 1.807) is 41.5 Å². The highest BCUT2D eigenvalue weighted by Crippen LogP contribution is 2.23. The van der Waals surface area contributed by atoms with Crippen molar-refractivity contribution in [2.45, 2.75) is 0 Å². The van der Waals surface area contributed by atoms with Crippen LogP contribution in [0, 0.1) is 0 Å². The van der Waals surface area contributed by atoms with E-state index < -0.39 is 0 Å². The summed E-state index contributed by atoms with van der Waals surface area (Å²) < 4.78 is 5.13. The second-order valence-electron chi connectivity index (χ2n) is 7.26. The van der Waals surface area contributed by atoms with Crippen molar-refractivity contribution in [3.63, 3.8) is 0 Å². The fourth-order valence-corrected chi connectivity index (χ4v) is 3.93. The number of imidazole rings is 2. The van der Waals surface area contributed by atoms with Crippen molar-refractivity contribution < 1.29 is 0 Å². The van der Waals surface area contributed by atoms with Crippen LogP contribution in [0.1, 0.15) is 0 Å². The van der Waals surface area contributed by atoms with Crippen LogP contribution in [0.5, 0.6) is 0 Å². The van der Waals surface area contributed by atoms with Crippen LogP contribution in [0.3, 0.4) is 0 Å². The van der Waals surface area contributed by atoms with Crippen LogP contribution in [0.15, 0.2) is 90.6 Å². The molecule has 0 bridgehead atoms. The number of rotatable bonds is 4. The van der Waals surface area contributed by atoms with E-state index in [4.69, 9.17) is 11.6 Å². The summed E-state index contributed by atoms with van der Waals surface area (Å²) in [5.41, 5.74) is 2.49. The Morgan fingerprint density at radius 3 is 2.58 bits per heavy atom. The van der Waals surface area contributed by atoms with Gasteiger partial charge in [0.05, 0.1) is 17.0 Å². The highest BCUT2D eigenvalue weighted by Gasteiger charge is 2.17. The van der Waals surface area contributed by atoms with E-state index in [0.29, 0.717) is 33.5 Å². The Bertz CT molecular complexity index is 1670. The lowest BCUT2D eigenvalue weighted by molar-refractivity contribution is 0.961. The Hall–Kier alpha value is -4.50. The van der Waals surface area contributed by atoms with Gasteiger partial charge in [-0.3, -0.25) is 9.20 Å². The molecule has 0 aliphatic carbocycles. The standard InChI is InChI=1S/C23H15ClN8O/c24-18-3-1-2-4-19(18)32-21(33)17-13-27-22(29-20(17)31-12-10-26-23(31)32)28-15-5-7-16(8-6-15)30-11-9-25-14-30/h1-14H,(H,27,28,29). The molecule has 9 nitrogen and oxygen atoms in total. The number of nitrogens with zero attached hydrogens (tertiary/aromatic N) is 7. The summed E-state index contributed by atoms with van der Waals surface area (Å²) in [5, 5.41) is 3.98. The van der Waals surface area contributed by atoms with Crippen molar-refractivity contribution >= 4 is 40.0 Å².